The van der Waals surface area contributed by atoms with Crippen molar-refractivity contribution in [2.24, 2.45) is 23.7 Å². The Balaban J connectivity index is 0.00000258. The van der Waals surface area contributed by atoms with Crippen LogP contribution in [0.3, 0.4) is 0 Å². The number of carbonyl (C=O) groups excluding carboxylic acids is 4. The van der Waals surface area contributed by atoms with Crippen molar-refractivity contribution in [2.45, 2.75) is 83.7 Å². The number of hydrogen-bond donors (Lipinski definition) is 3. The molecule has 0 saturated carbocycles. The number of aliphatic carboxylic acids is 1. The van der Waals surface area contributed by atoms with Gasteiger partial charge in [0.15, 0.2) is 0 Å². The van der Waals surface area contributed by atoms with Crippen LogP contribution in [-0.2, 0) is 23.9 Å². The Morgan fingerprint density at radius 2 is 1.88 bits per heavy atom. The molecule has 2 aliphatic rings. The molecule has 10 heteroatoms. The van der Waals surface area contributed by atoms with Crippen molar-refractivity contribution in [1.82, 2.24) is 0 Å². The number of hydrogen-bond acceptors (Lipinski definition) is 9. The van der Waals surface area contributed by atoms with Crippen molar-refractivity contribution in [2.75, 3.05) is 0 Å². The molecule has 2 rings (SSSR count). The second-order valence-electron chi connectivity index (χ2n) is 8.94. The second-order valence-corrected chi connectivity index (χ2v) is 8.94. The minimum absolute atomic E-state index is 0. The normalized spacial score (nSPS) is 27.8. The maximum atomic E-state index is 12.4. The summed E-state index contributed by atoms with van der Waals surface area (Å²) in [5, 5.41) is 40.8. The van der Waals surface area contributed by atoms with E-state index in [0.717, 1.165) is 5.57 Å². The number of carbonyl (C=O) groups is 2. The van der Waals surface area contributed by atoms with Gasteiger partial charge in [0.05, 0.1) is 24.2 Å². The third kappa shape index (κ3) is 10.5. The van der Waals surface area contributed by atoms with Gasteiger partial charge in [-0.15, -0.1) is 0 Å². The molecule has 3 N–H and O–H groups in total. The van der Waals surface area contributed by atoms with Crippen LogP contribution in [0.15, 0.2) is 23.8 Å². The first kappa shape index (κ1) is 32.7. The smallest absolute Gasteiger partial charge is 0.550 e. The first-order valence-electron chi connectivity index (χ1n) is 11.4. The van der Waals surface area contributed by atoms with Crippen LogP contribution in [-0.4, -0.2) is 57.8 Å². The average molecular weight is 491 g/mol. The Morgan fingerprint density at radius 1 is 1.26 bits per heavy atom. The molecule has 0 bridgehead atoms. The Kier molecular flexibility index (Phi) is 15.7. The van der Waals surface area contributed by atoms with Gasteiger partial charge in [-0.1, -0.05) is 39.0 Å². The van der Waals surface area contributed by atoms with Crippen molar-refractivity contribution >= 4 is 18.1 Å². The minimum Gasteiger partial charge on any atom is -0.550 e. The summed E-state index contributed by atoms with van der Waals surface area (Å²) in [6.07, 6.45) is 4.56. The van der Waals surface area contributed by atoms with Crippen LogP contribution in [0.1, 0.15) is 59.3 Å². The quantitative estimate of drug-likeness (QED) is 0.223. The minimum atomic E-state index is -1.35. The molecule has 0 radical (unpaired) electrons. The summed E-state index contributed by atoms with van der Waals surface area (Å²) in [5.74, 6) is -1.60. The molecule has 186 valence electrons. The zero-order valence-electron chi connectivity index (χ0n) is 20.4. The zero-order valence-corrected chi connectivity index (χ0v) is 22.4. The molecule has 0 unspecified atom stereocenters. The summed E-state index contributed by atoms with van der Waals surface area (Å²) in [5.41, 5.74) is 0.949. The predicted octanol–water partition coefficient (Wildman–Crippen LogP) is -2.47. The van der Waals surface area contributed by atoms with Crippen LogP contribution in [0.4, 0.5) is 0 Å². The molecular formula is C24H35NaO9. The van der Waals surface area contributed by atoms with Gasteiger partial charge >= 0.3 is 41.7 Å². The van der Waals surface area contributed by atoms with E-state index in [-0.39, 0.29) is 71.8 Å². The van der Waals surface area contributed by atoms with Crippen molar-refractivity contribution in [1.29, 1.82) is 0 Å². The number of aliphatic hydroxyl groups excluding tert-OH is 3. The van der Waals surface area contributed by atoms with E-state index in [2.05, 4.69) is 13.0 Å². The number of allylic oxidation sites excluding steroid dienone is 2. The second kappa shape index (κ2) is 16.4. The maximum absolute atomic E-state index is 12.4. The van der Waals surface area contributed by atoms with E-state index < -0.39 is 36.8 Å². The number of esters is 1. The van der Waals surface area contributed by atoms with Crippen molar-refractivity contribution in [3.63, 3.8) is 0 Å². The van der Waals surface area contributed by atoms with Crippen LogP contribution in [0.2, 0.25) is 0 Å². The van der Waals surface area contributed by atoms with E-state index in [1.165, 1.54) is 0 Å². The molecule has 0 saturated heterocycles. The zero-order chi connectivity index (χ0) is 25.1. The van der Waals surface area contributed by atoms with Gasteiger partial charge < -0.3 is 30.0 Å². The molecule has 2 aliphatic carbocycles. The molecule has 0 aliphatic heterocycles. The Hall–Kier alpha value is -1.32. The largest absolute Gasteiger partial charge is 1.00 e. The van der Waals surface area contributed by atoms with Crippen molar-refractivity contribution in [3.8, 4) is 0 Å². The third-order valence-corrected chi connectivity index (χ3v) is 6.43. The summed E-state index contributed by atoms with van der Waals surface area (Å²) in [4.78, 5) is 39.3. The van der Waals surface area contributed by atoms with Crippen molar-refractivity contribution in [3.05, 3.63) is 23.8 Å². The number of rotatable bonds is 10. The molecule has 0 aromatic heterocycles. The van der Waals surface area contributed by atoms with Gasteiger partial charge in [-0.05, 0) is 43.1 Å². The van der Waals surface area contributed by atoms with Gasteiger partial charge in [0.2, 0.25) is 0 Å². The number of carboxylic acid groups (broad SMARTS) is 1. The molecule has 9 nitrogen and oxygen atoms in total. The fourth-order valence-electron chi connectivity index (χ4n) is 4.51. The number of fused-ring (bicyclic) bond motifs is 1. The molecule has 0 aromatic carbocycles. The van der Waals surface area contributed by atoms with E-state index in [1.54, 1.807) is 0 Å². The fraction of sp³-hybridized carbons (Fsp3) is 0.708. The van der Waals surface area contributed by atoms with Gasteiger partial charge in [0.25, 0.3) is 0 Å². The third-order valence-electron chi connectivity index (χ3n) is 6.43. The van der Waals surface area contributed by atoms with Crippen LogP contribution >= 0.6 is 0 Å². The van der Waals surface area contributed by atoms with Gasteiger partial charge in [0, 0.05) is 24.7 Å². The van der Waals surface area contributed by atoms with Gasteiger partial charge in [0.1, 0.15) is 6.10 Å². The molecule has 0 heterocycles. The van der Waals surface area contributed by atoms with E-state index in [1.807, 2.05) is 26.0 Å². The molecule has 34 heavy (non-hydrogen) atoms. The summed E-state index contributed by atoms with van der Waals surface area (Å²) < 4.78 is 5.83. The van der Waals surface area contributed by atoms with E-state index in [4.69, 9.17) is 14.3 Å². The van der Waals surface area contributed by atoms with Crippen LogP contribution < -0.4 is 34.7 Å². The summed E-state index contributed by atoms with van der Waals surface area (Å²) in [6.45, 7) is 5.83. The molecule has 8 atom stereocenters. The van der Waals surface area contributed by atoms with Crippen molar-refractivity contribution < 1.29 is 73.9 Å². The predicted molar refractivity (Wildman–Crippen MR) is 114 cm³/mol. The average Bonchev–Trinajstić information content (AvgIpc) is 2.72. The van der Waals surface area contributed by atoms with E-state index in [9.17, 15) is 30.0 Å². The van der Waals surface area contributed by atoms with E-state index >= 15 is 0 Å². The number of aliphatic hydroxyl groups is 3. The molecule has 0 fully saturated rings. The number of ether oxygens (including phenoxy) is 1. The van der Waals surface area contributed by atoms with Crippen LogP contribution in [0.5, 0.6) is 0 Å². The van der Waals surface area contributed by atoms with Gasteiger partial charge in [-0.3, -0.25) is 4.79 Å². The first-order chi connectivity index (χ1) is 15.5. The number of carboxylic acids is 1. The molecule has 0 spiro atoms. The van der Waals surface area contributed by atoms with Crippen LogP contribution in [0, 0.1) is 23.7 Å². The van der Waals surface area contributed by atoms with Gasteiger partial charge in [-0.25, -0.2) is 0 Å². The van der Waals surface area contributed by atoms with E-state index in [0.29, 0.717) is 25.7 Å². The summed E-state index contributed by atoms with van der Waals surface area (Å²) in [6, 6.07) is 0. The van der Waals surface area contributed by atoms with Gasteiger partial charge in [-0.2, -0.15) is 9.59 Å². The Labute approximate surface area is 222 Å². The Bertz CT molecular complexity index is 745. The summed E-state index contributed by atoms with van der Waals surface area (Å²) >= 11 is 0. The Morgan fingerprint density at radius 3 is 2.44 bits per heavy atom. The molecule has 0 amide bonds. The molecular weight excluding hydrogens is 455 g/mol. The monoisotopic (exact) mass is 490 g/mol. The first-order valence-corrected chi connectivity index (χ1v) is 11.4. The topological polar surface area (TPSA) is 161 Å². The standard InChI is InChI=1S/C23H36O7.CO2.Na/c1-4-13(2)23(29)30-20-11-17(25)9-15-6-5-14(3)19(22(15)20)8-7-16(24)10-18(26)12-21(27)28;2-1-3;/h5-6,9,13-14,16-20,22,24-26H,4,7-8,10-12H2,1-3H3,(H,27,28);;/q;;+1/p-1/t13-,14-,16+,17+,18+,19-,20-,22-;;/m0../s1. The summed E-state index contributed by atoms with van der Waals surface area (Å²) in [7, 11) is 0. The maximum Gasteiger partial charge on any atom is 1.00 e. The fourth-order valence-corrected chi connectivity index (χ4v) is 4.51. The SMILES string of the molecule is CC[C@H](C)C(=O)O[C@H]1C[C@H](O)C=C2C=C[C@H](C)[C@H](CC[C@@H](O)C[C@@H](O)CC(=O)[O-])[C@H]21.O=C=O.[Na+]. The molecule has 0 aromatic rings. The van der Waals surface area contributed by atoms with Crippen LogP contribution in [0.25, 0.3) is 0 Å².